The standard InChI is InChI=1S/C22H18F8/c1-9-5-11-7-13(21(27,28)15(11)19(25)17(9)23)3-4-14-8-12-6-10(2)18(24)20(26)16(12)22(14,29)30/h5-6,13-14H,3-4,7-8H2,1-2H3. The molecule has 0 aromatic heterocycles. The Hall–Kier alpha value is -2.12. The summed E-state index contributed by atoms with van der Waals surface area (Å²) in [6.45, 7) is 2.52. The molecule has 0 aliphatic heterocycles. The fourth-order valence-corrected chi connectivity index (χ4v) is 4.85. The Morgan fingerprint density at radius 2 is 1.00 bits per heavy atom. The van der Waals surface area contributed by atoms with Crippen molar-refractivity contribution in [2.75, 3.05) is 0 Å². The molecule has 0 nitrogen and oxygen atoms in total. The minimum Gasteiger partial charge on any atom is -0.203 e. The number of alkyl halides is 4. The van der Waals surface area contributed by atoms with Crippen LogP contribution in [-0.2, 0) is 24.7 Å². The van der Waals surface area contributed by atoms with E-state index in [1.54, 1.807) is 0 Å². The van der Waals surface area contributed by atoms with Crippen LogP contribution in [0.25, 0.3) is 0 Å². The van der Waals surface area contributed by atoms with Crippen LogP contribution in [-0.4, -0.2) is 0 Å². The molecule has 0 saturated heterocycles. The van der Waals surface area contributed by atoms with Gasteiger partial charge in [0.15, 0.2) is 23.3 Å². The number of aryl methyl sites for hydroxylation is 2. The van der Waals surface area contributed by atoms with Gasteiger partial charge in [0.1, 0.15) is 0 Å². The molecule has 2 aliphatic rings. The van der Waals surface area contributed by atoms with Gasteiger partial charge in [-0.3, -0.25) is 0 Å². The molecule has 8 heteroatoms. The van der Waals surface area contributed by atoms with E-state index in [-0.39, 0.29) is 47.9 Å². The third kappa shape index (κ3) is 2.86. The number of rotatable bonds is 3. The van der Waals surface area contributed by atoms with Crippen molar-refractivity contribution < 1.29 is 35.1 Å². The number of benzene rings is 2. The lowest BCUT2D eigenvalue weighted by Crippen LogP contribution is -2.26. The first-order chi connectivity index (χ1) is 13.9. The molecule has 2 aromatic rings. The van der Waals surface area contributed by atoms with Crippen molar-refractivity contribution in [2.24, 2.45) is 11.8 Å². The van der Waals surface area contributed by atoms with E-state index >= 15 is 0 Å². The minimum absolute atomic E-state index is 0.0355. The molecule has 30 heavy (non-hydrogen) atoms. The van der Waals surface area contributed by atoms with E-state index < -0.39 is 58.1 Å². The van der Waals surface area contributed by atoms with Crippen LogP contribution in [0.2, 0.25) is 0 Å². The predicted molar refractivity (Wildman–Crippen MR) is 93.6 cm³/mol. The second kappa shape index (κ2) is 6.69. The fraction of sp³-hybridized carbons (Fsp3) is 0.455. The number of halogens is 8. The molecule has 162 valence electrons. The lowest BCUT2D eigenvalue weighted by Gasteiger charge is -2.24. The van der Waals surface area contributed by atoms with Gasteiger partial charge in [-0.15, -0.1) is 0 Å². The maximum atomic E-state index is 14.8. The van der Waals surface area contributed by atoms with Crippen molar-refractivity contribution in [3.05, 3.63) is 68.8 Å². The van der Waals surface area contributed by atoms with Crippen molar-refractivity contribution >= 4 is 0 Å². The van der Waals surface area contributed by atoms with E-state index in [9.17, 15) is 35.1 Å². The summed E-state index contributed by atoms with van der Waals surface area (Å²) in [6, 6.07) is 2.31. The Balaban J connectivity index is 1.58. The molecule has 2 aromatic carbocycles. The Bertz CT molecular complexity index is 957. The first kappa shape index (κ1) is 21.1. The smallest absolute Gasteiger partial charge is 0.203 e. The summed E-state index contributed by atoms with van der Waals surface area (Å²) < 4.78 is 115. The van der Waals surface area contributed by atoms with Gasteiger partial charge in [0.05, 0.1) is 11.1 Å². The maximum Gasteiger partial charge on any atom is 0.279 e. The molecule has 2 unspecified atom stereocenters. The Morgan fingerprint density at radius 3 is 1.33 bits per heavy atom. The van der Waals surface area contributed by atoms with Crippen molar-refractivity contribution in [1.82, 2.24) is 0 Å². The highest BCUT2D eigenvalue weighted by atomic mass is 19.3. The molecule has 0 saturated carbocycles. The zero-order valence-electron chi connectivity index (χ0n) is 16.2. The maximum absolute atomic E-state index is 14.8. The summed E-state index contributed by atoms with van der Waals surface area (Å²) in [7, 11) is 0. The molecule has 0 fully saturated rings. The second-order valence-electron chi connectivity index (χ2n) is 8.34. The van der Waals surface area contributed by atoms with Gasteiger partial charge in [-0.2, -0.15) is 0 Å². The molecule has 0 radical (unpaired) electrons. The van der Waals surface area contributed by atoms with Crippen molar-refractivity contribution in [2.45, 2.75) is 51.4 Å². The monoisotopic (exact) mass is 434 g/mol. The van der Waals surface area contributed by atoms with Gasteiger partial charge in [-0.1, -0.05) is 12.1 Å². The molecule has 0 N–H and O–H groups in total. The highest BCUT2D eigenvalue weighted by Gasteiger charge is 2.54. The summed E-state index contributed by atoms with van der Waals surface area (Å²) in [6.07, 6.45) is -1.32. The molecule has 0 spiro atoms. The van der Waals surface area contributed by atoms with Crippen molar-refractivity contribution in [3.8, 4) is 0 Å². The van der Waals surface area contributed by atoms with E-state index in [0.29, 0.717) is 0 Å². The summed E-state index contributed by atoms with van der Waals surface area (Å²) in [5, 5.41) is 0. The van der Waals surface area contributed by atoms with Crippen LogP contribution in [0.4, 0.5) is 35.1 Å². The largest absolute Gasteiger partial charge is 0.279 e. The van der Waals surface area contributed by atoms with Gasteiger partial charge in [0.25, 0.3) is 11.8 Å². The van der Waals surface area contributed by atoms with Crippen LogP contribution in [0, 0.1) is 49.0 Å². The molecule has 4 rings (SSSR count). The summed E-state index contributed by atoms with van der Waals surface area (Å²) in [5.41, 5.74) is -2.30. The van der Waals surface area contributed by atoms with Gasteiger partial charge in [0.2, 0.25) is 0 Å². The van der Waals surface area contributed by atoms with E-state index in [2.05, 4.69) is 0 Å². The zero-order chi connectivity index (χ0) is 22.2. The van der Waals surface area contributed by atoms with Crippen LogP contribution in [0.15, 0.2) is 12.1 Å². The predicted octanol–water partition coefficient (Wildman–Crippen LogP) is 6.87. The van der Waals surface area contributed by atoms with Crippen LogP contribution < -0.4 is 0 Å². The van der Waals surface area contributed by atoms with E-state index in [1.165, 1.54) is 13.8 Å². The molecule has 0 heterocycles. The summed E-state index contributed by atoms with van der Waals surface area (Å²) in [5.74, 6) is -16.3. The van der Waals surface area contributed by atoms with Crippen LogP contribution in [0.1, 0.15) is 46.2 Å². The normalized spacial score (nSPS) is 23.5. The highest BCUT2D eigenvalue weighted by Crippen LogP contribution is 2.53. The highest BCUT2D eigenvalue weighted by molar-refractivity contribution is 5.43. The summed E-state index contributed by atoms with van der Waals surface area (Å²) >= 11 is 0. The number of hydrogen-bond donors (Lipinski definition) is 0. The van der Waals surface area contributed by atoms with Crippen LogP contribution in [0.3, 0.4) is 0 Å². The average molecular weight is 434 g/mol. The van der Waals surface area contributed by atoms with E-state index in [4.69, 9.17) is 0 Å². The molecule has 2 aliphatic carbocycles. The van der Waals surface area contributed by atoms with Crippen LogP contribution >= 0.6 is 0 Å². The van der Waals surface area contributed by atoms with E-state index in [0.717, 1.165) is 12.1 Å². The Kier molecular flexibility index (Phi) is 4.71. The fourth-order valence-electron chi connectivity index (χ4n) is 4.85. The van der Waals surface area contributed by atoms with Crippen LogP contribution in [0.5, 0.6) is 0 Å². The molecular formula is C22H18F8. The lowest BCUT2D eigenvalue weighted by atomic mass is 9.89. The van der Waals surface area contributed by atoms with Crippen molar-refractivity contribution in [3.63, 3.8) is 0 Å². The van der Waals surface area contributed by atoms with Gasteiger partial charge in [0, 0.05) is 11.8 Å². The zero-order valence-corrected chi connectivity index (χ0v) is 16.2. The molecular weight excluding hydrogens is 416 g/mol. The molecule has 0 bridgehead atoms. The first-order valence-corrected chi connectivity index (χ1v) is 9.58. The lowest BCUT2D eigenvalue weighted by molar-refractivity contribution is -0.0796. The van der Waals surface area contributed by atoms with Gasteiger partial charge in [-0.25, -0.2) is 35.1 Å². The Labute approximate surface area is 167 Å². The van der Waals surface area contributed by atoms with Gasteiger partial charge >= 0.3 is 0 Å². The molecule has 0 amide bonds. The topological polar surface area (TPSA) is 0 Å². The average Bonchev–Trinajstić information content (AvgIpc) is 3.04. The quantitative estimate of drug-likeness (QED) is 0.463. The van der Waals surface area contributed by atoms with Gasteiger partial charge < -0.3 is 0 Å². The Morgan fingerprint density at radius 1 is 0.667 bits per heavy atom. The first-order valence-electron chi connectivity index (χ1n) is 9.58. The van der Waals surface area contributed by atoms with E-state index in [1.807, 2.05) is 0 Å². The number of fused-ring (bicyclic) bond motifs is 2. The summed E-state index contributed by atoms with van der Waals surface area (Å²) in [4.78, 5) is 0. The van der Waals surface area contributed by atoms with Crippen molar-refractivity contribution in [1.29, 1.82) is 0 Å². The molecule has 2 atom stereocenters. The second-order valence-corrected chi connectivity index (χ2v) is 8.34. The third-order valence-corrected chi connectivity index (χ3v) is 6.43. The third-order valence-electron chi connectivity index (χ3n) is 6.43. The number of hydrogen-bond acceptors (Lipinski definition) is 0. The SMILES string of the molecule is Cc1cc2c(c(F)c1F)C(F)(F)C(CCC1Cc3cc(C)c(F)c(F)c3C1(F)F)C2. The van der Waals surface area contributed by atoms with Gasteiger partial charge in [-0.05, 0) is 61.8 Å². The minimum atomic E-state index is -3.71.